The Kier molecular flexibility index (Phi) is 4.99. The molecule has 0 aromatic heterocycles. The highest BCUT2D eigenvalue weighted by atomic mass is 16.6. The van der Waals surface area contributed by atoms with Gasteiger partial charge in [-0.1, -0.05) is 45.7 Å². The van der Waals surface area contributed by atoms with E-state index in [1.807, 2.05) is 6.07 Å². The zero-order chi connectivity index (χ0) is 15.5. The van der Waals surface area contributed by atoms with Crippen LogP contribution in [-0.2, 0) is 0 Å². The molecule has 0 aliphatic heterocycles. The topological polar surface area (TPSA) is 55.2 Å². The van der Waals surface area contributed by atoms with Crippen molar-refractivity contribution in [3.8, 4) is 0 Å². The molecule has 0 heterocycles. The SMILES string of the molecule is CCCC(NC1CCCC1(C)C)c1cccc([N+](=O)[O-])c1. The molecule has 1 fully saturated rings. The van der Waals surface area contributed by atoms with Crippen molar-refractivity contribution in [2.45, 2.75) is 65.0 Å². The smallest absolute Gasteiger partial charge is 0.269 e. The zero-order valence-electron chi connectivity index (χ0n) is 13.3. The van der Waals surface area contributed by atoms with E-state index in [9.17, 15) is 10.1 Å². The van der Waals surface area contributed by atoms with Crippen LogP contribution >= 0.6 is 0 Å². The van der Waals surface area contributed by atoms with E-state index in [2.05, 4.69) is 26.1 Å². The van der Waals surface area contributed by atoms with Crippen molar-refractivity contribution in [1.82, 2.24) is 5.32 Å². The summed E-state index contributed by atoms with van der Waals surface area (Å²) in [5, 5.41) is 14.7. The minimum absolute atomic E-state index is 0.182. The highest BCUT2D eigenvalue weighted by Crippen LogP contribution is 2.39. The van der Waals surface area contributed by atoms with Crippen molar-refractivity contribution in [3.05, 3.63) is 39.9 Å². The number of nitrogens with one attached hydrogen (secondary N) is 1. The van der Waals surface area contributed by atoms with Gasteiger partial charge in [-0.2, -0.15) is 0 Å². The van der Waals surface area contributed by atoms with Crippen molar-refractivity contribution in [2.24, 2.45) is 5.41 Å². The molecule has 0 radical (unpaired) electrons. The second kappa shape index (κ2) is 6.56. The monoisotopic (exact) mass is 290 g/mol. The van der Waals surface area contributed by atoms with Gasteiger partial charge in [-0.3, -0.25) is 10.1 Å². The predicted molar refractivity (Wildman–Crippen MR) is 85.3 cm³/mol. The van der Waals surface area contributed by atoms with E-state index >= 15 is 0 Å². The third-order valence-corrected chi connectivity index (χ3v) is 4.72. The fourth-order valence-electron chi connectivity index (χ4n) is 3.37. The molecule has 2 unspecified atom stereocenters. The molecule has 1 aliphatic carbocycles. The number of nitrogens with zero attached hydrogens (tertiary/aromatic N) is 1. The van der Waals surface area contributed by atoms with Crippen LogP contribution in [0, 0.1) is 15.5 Å². The van der Waals surface area contributed by atoms with Gasteiger partial charge in [0.05, 0.1) is 4.92 Å². The normalized spacial score (nSPS) is 22.1. The third-order valence-electron chi connectivity index (χ3n) is 4.72. The molecule has 21 heavy (non-hydrogen) atoms. The fourth-order valence-corrected chi connectivity index (χ4v) is 3.37. The van der Waals surface area contributed by atoms with Crippen LogP contribution in [-0.4, -0.2) is 11.0 Å². The van der Waals surface area contributed by atoms with Crippen LogP contribution in [0.5, 0.6) is 0 Å². The van der Waals surface area contributed by atoms with Gasteiger partial charge in [0.1, 0.15) is 0 Å². The van der Waals surface area contributed by atoms with Crippen LogP contribution in [0.1, 0.15) is 64.5 Å². The van der Waals surface area contributed by atoms with E-state index in [-0.39, 0.29) is 16.7 Å². The Labute approximate surface area is 127 Å². The molecule has 1 aromatic carbocycles. The molecular weight excluding hydrogens is 264 g/mol. The summed E-state index contributed by atoms with van der Waals surface area (Å²) >= 11 is 0. The molecule has 0 saturated heterocycles. The summed E-state index contributed by atoms with van der Waals surface area (Å²) in [4.78, 5) is 10.7. The van der Waals surface area contributed by atoms with Crippen molar-refractivity contribution in [1.29, 1.82) is 0 Å². The van der Waals surface area contributed by atoms with E-state index < -0.39 is 0 Å². The van der Waals surface area contributed by atoms with E-state index in [4.69, 9.17) is 0 Å². The maximum atomic E-state index is 11.0. The Morgan fingerprint density at radius 1 is 1.48 bits per heavy atom. The molecule has 1 aromatic rings. The third kappa shape index (κ3) is 3.82. The van der Waals surface area contributed by atoms with Crippen molar-refractivity contribution >= 4 is 5.69 Å². The zero-order valence-corrected chi connectivity index (χ0v) is 13.3. The lowest BCUT2D eigenvalue weighted by molar-refractivity contribution is -0.384. The quantitative estimate of drug-likeness (QED) is 0.615. The largest absolute Gasteiger partial charge is 0.307 e. The number of benzene rings is 1. The molecule has 0 spiro atoms. The average molecular weight is 290 g/mol. The fraction of sp³-hybridized carbons (Fsp3) is 0.647. The number of nitro groups is 1. The van der Waals surface area contributed by atoms with Gasteiger partial charge in [0.2, 0.25) is 0 Å². The number of non-ortho nitro benzene ring substituents is 1. The summed E-state index contributed by atoms with van der Waals surface area (Å²) < 4.78 is 0. The van der Waals surface area contributed by atoms with E-state index in [0.29, 0.717) is 11.5 Å². The van der Waals surface area contributed by atoms with Gasteiger partial charge < -0.3 is 5.32 Å². The molecule has 1 saturated carbocycles. The second-order valence-electron chi connectivity index (χ2n) is 6.79. The summed E-state index contributed by atoms with van der Waals surface area (Å²) in [5.41, 5.74) is 1.53. The highest BCUT2D eigenvalue weighted by molar-refractivity contribution is 5.36. The molecule has 2 rings (SSSR count). The van der Waals surface area contributed by atoms with Gasteiger partial charge in [-0.15, -0.1) is 0 Å². The first-order chi connectivity index (χ1) is 9.94. The van der Waals surface area contributed by atoms with Gasteiger partial charge in [-0.25, -0.2) is 0 Å². The average Bonchev–Trinajstić information content (AvgIpc) is 2.77. The first-order valence-corrected chi connectivity index (χ1v) is 7.94. The van der Waals surface area contributed by atoms with Crippen molar-refractivity contribution < 1.29 is 4.92 Å². The lowest BCUT2D eigenvalue weighted by atomic mass is 9.86. The molecule has 1 N–H and O–H groups in total. The molecule has 116 valence electrons. The molecule has 0 amide bonds. The van der Waals surface area contributed by atoms with Crippen LogP contribution in [0.2, 0.25) is 0 Å². The van der Waals surface area contributed by atoms with E-state index in [1.54, 1.807) is 18.2 Å². The summed E-state index contributed by atoms with van der Waals surface area (Å²) in [5.74, 6) is 0. The Morgan fingerprint density at radius 3 is 2.81 bits per heavy atom. The highest BCUT2D eigenvalue weighted by Gasteiger charge is 2.35. The van der Waals surface area contributed by atoms with E-state index in [1.165, 1.54) is 19.3 Å². The molecule has 1 aliphatic rings. The van der Waals surface area contributed by atoms with Gasteiger partial charge in [-0.05, 0) is 30.2 Å². The lowest BCUT2D eigenvalue weighted by Gasteiger charge is -2.32. The first kappa shape index (κ1) is 16.0. The van der Waals surface area contributed by atoms with Crippen molar-refractivity contribution in [2.75, 3.05) is 0 Å². The summed E-state index contributed by atoms with van der Waals surface area (Å²) in [6.07, 6.45) is 5.78. The van der Waals surface area contributed by atoms with Gasteiger partial charge in [0.25, 0.3) is 5.69 Å². The minimum Gasteiger partial charge on any atom is -0.307 e. The van der Waals surface area contributed by atoms with Crippen molar-refractivity contribution in [3.63, 3.8) is 0 Å². The van der Waals surface area contributed by atoms with E-state index in [0.717, 1.165) is 18.4 Å². The summed E-state index contributed by atoms with van der Waals surface area (Å²) in [6.45, 7) is 6.79. The standard InChI is InChI=1S/C17H26N2O2/c1-4-7-15(18-16-10-6-11-17(16,2)3)13-8-5-9-14(12-13)19(20)21/h5,8-9,12,15-16,18H,4,6-7,10-11H2,1-3H3. The van der Waals surface area contributed by atoms with Crippen LogP contribution in [0.3, 0.4) is 0 Å². The van der Waals surface area contributed by atoms with Gasteiger partial charge in [0, 0.05) is 24.2 Å². The Morgan fingerprint density at radius 2 is 2.24 bits per heavy atom. The van der Waals surface area contributed by atoms with Crippen LogP contribution in [0.25, 0.3) is 0 Å². The number of hydrogen-bond donors (Lipinski definition) is 1. The van der Waals surface area contributed by atoms with Crippen LogP contribution in [0.15, 0.2) is 24.3 Å². The Balaban J connectivity index is 2.18. The van der Waals surface area contributed by atoms with Crippen LogP contribution in [0.4, 0.5) is 5.69 Å². The maximum absolute atomic E-state index is 11.0. The van der Waals surface area contributed by atoms with Gasteiger partial charge >= 0.3 is 0 Å². The summed E-state index contributed by atoms with van der Waals surface area (Å²) in [6, 6.07) is 7.77. The van der Waals surface area contributed by atoms with Gasteiger partial charge in [0.15, 0.2) is 0 Å². The first-order valence-electron chi connectivity index (χ1n) is 7.94. The minimum atomic E-state index is -0.313. The summed E-state index contributed by atoms with van der Waals surface area (Å²) in [7, 11) is 0. The number of hydrogen-bond acceptors (Lipinski definition) is 3. The predicted octanol–water partition coefficient (Wildman–Crippen LogP) is 4.60. The number of nitro benzene ring substituents is 1. The Hall–Kier alpha value is -1.42. The number of rotatable bonds is 6. The molecular formula is C17H26N2O2. The lowest BCUT2D eigenvalue weighted by Crippen LogP contribution is -2.40. The molecule has 2 atom stereocenters. The second-order valence-corrected chi connectivity index (χ2v) is 6.79. The molecule has 4 heteroatoms. The van der Waals surface area contributed by atoms with Crippen LogP contribution < -0.4 is 5.32 Å². The Bertz CT molecular complexity index is 499. The molecule has 0 bridgehead atoms. The molecule has 4 nitrogen and oxygen atoms in total. The maximum Gasteiger partial charge on any atom is 0.269 e.